The SMILES string of the molecule is OCCN(Cc1cnc(C2CC2)s1)C1CCc2ccccc21. The average Bonchev–Trinajstić information content (AvgIpc) is 3.13. The van der Waals surface area contributed by atoms with Crippen molar-refractivity contribution in [1.29, 1.82) is 0 Å². The standard InChI is InChI=1S/C18H22N2OS/c21-10-9-20(12-15-11-19-18(22-15)14-5-6-14)17-8-7-13-3-1-2-4-16(13)17/h1-4,11,14,17,21H,5-10,12H2. The summed E-state index contributed by atoms with van der Waals surface area (Å²) in [5.41, 5.74) is 2.92. The molecule has 2 aromatic rings. The number of aliphatic hydroxyl groups is 1. The number of hydrogen-bond acceptors (Lipinski definition) is 4. The van der Waals surface area contributed by atoms with E-state index in [1.165, 1.54) is 33.9 Å². The molecule has 1 N–H and O–H groups in total. The molecule has 22 heavy (non-hydrogen) atoms. The fraction of sp³-hybridized carbons (Fsp3) is 0.500. The van der Waals surface area contributed by atoms with Gasteiger partial charge in [-0.15, -0.1) is 11.3 Å². The van der Waals surface area contributed by atoms with E-state index in [0.29, 0.717) is 6.04 Å². The lowest BCUT2D eigenvalue weighted by molar-refractivity contribution is 0.144. The molecule has 1 unspecified atom stereocenters. The number of aromatic nitrogens is 1. The quantitative estimate of drug-likeness (QED) is 0.886. The summed E-state index contributed by atoms with van der Waals surface area (Å²) in [4.78, 5) is 8.35. The summed E-state index contributed by atoms with van der Waals surface area (Å²) in [5, 5.41) is 10.8. The first-order valence-electron chi connectivity index (χ1n) is 8.22. The van der Waals surface area contributed by atoms with Crippen LogP contribution in [0.1, 0.15) is 52.2 Å². The molecule has 1 atom stereocenters. The summed E-state index contributed by atoms with van der Waals surface area (Å²) in [6, 6.07) is 9.19. The van der Waals surface area contributed by atoms with Gasteiger partial charge >= 0.3 is 0 Å². The summed E-state index contributed by atoms with van der Waals surface area (Å²) in [5.74, 6) is 0.734. The Morgan fingerprint density at radius 3 is 2.91 bits per heavy atom. The van der Waals surface area contributed by atoms with Gasteiger partial charge in [0.05, 0.1) is 11.6 Å². The van der Waals surface area contributed by atoms with Crippen LogP contribution in [0.15, 0.2) is 30.5 Å². The second-order valence-corrected chi connectivity index (χ2v) is 7.53. The molecule has 1 aromatic heterocycles. The topological polar surface area (TPSA) is 36.4 Å². The van der Waals surface area contributed by atoms with Crippen LogP contribution in [0, 0.1) is 0 Å². The lowest BCUT2D eigenvalue weighted by atomic mass is 10.1. The molecule has 0 amide bonds. The Balaban J connectivity index is 1.53. The predicted octanol–water partition coefficient (Wildman–Crippen LogP) is 3.50. The fourth-order valence-electron chi connectivity index (χ4n) is 3.50. The Bertz CT molecular complexity index is 650. The fourth-order valence-corrected chi connectivity index (χ4v) is 4.61. The van der Waals surface area contributed by atoms with E-state index in [1.807, 2.05) is 17.5 Å². The number of benzene rings is 1. The Morgan fingerprint density at radius 1 is 1.23 bits per heavy atom. The summed E-state index contributed by atoms with van der Waals surface area (Å²) >= 11 is 1.86. The van der Waals surface area contributed by atoms with E-state index in [2.05, 4.69) is 34.1 Å². The van der Waals surface area contributed by atoms with Crippen LogP contribution >= 0.6 is 11.3 Å². The van der Waals surface area contributed by atoms with Gasteiger partial charge < -0.3 is 5.11 Å². The number of nitrogens with zero attached hydrogens (tertiary/aromatic N) is 2. The van der Waals surface area contributed by atoms with Gasteiger partial charge in [-0.1, -0.05) is 24.3 Å². The monoisotopic (exact) mass is 314 g/mol. The molecule has 0 radical (unpaired) electrons. The van der Waals surface area contributed by atoms with Crippen molar-refractivity contribution in [3.63, 3.8) is 0 Å². The highest BCUT2D eigenvalue weighted by Gasteiger charge is 2.29. The zero-order valence-electron chi connectivity index (χ0n) is 12.7. The number of aryl methyl sites for hydroxylation is 1. The second-order valence-electron chi connectivity index (χ2n) is 6.39. The highest BCUT2D eigenvalue weighted by Crippen LogP contribution is 2.42. The van der Waals surface area contributed by atoms with Crippen LogP contribution in [-0.2, 0) is 13.0 Å². The van der Waals surface area contributed by atoms with Crippen molar-refractivity contribution in [2.75, 3.05) is 13.2 Å². The molecular formula is C18H22N2OS. The molecule has 0 saturated heterocycles. The van der Waals surface area contributed by atoms with Crippen LogP contribution in [0.4, 0.5) is 0 Å². The van der Waals surface area contributed by atoms with Crippen molar-refractivity contribution in [2.45, 2.75) is 44.2 Å². The maximum Gasteiger partial charge on any atom is 0.0959 e. The maximum atomic E-state index is 9.47. The first-order valence-corrected chi connectivity index (χ1v) is 9.04. The van der Waals surface area contributed by atoms with Crippen LogP contribution in [0.5, 0.6) is 0 Å². The molecule has 3 nitrogen and oxygen atoms in total. The van der Waals surface area contributed by atoms with Gasteiger partial charge in [-0.3, -0.25) is 4.90 Å². The zero-order valence-corrected chi connectivity index (χ0v) is 13.6. The van der Waals surface area contributed by atoms with Gasteiger partial charge in [0.1, 0.15) is 0 Å². The lowest BCUT2D eigenvalue weighted by Gasteiger charge is -2.28. The number of fused-ring (bicyclic) bond motifs is 1. The van der Waals surface area contributed by atoms with Crippen LogP contribution in [0.3, 0.4) is 0 Å². The summed E-state index contributed by atoms with van der Waals surface area (Å²) in [7, 11) is 0. The first kappa shape index (κ1) is 14.4. The number of thiazole rings is 1. The first-order chi connectivity index (χ1) is 10.8. The Hall–Kier alpha value is -1.23. The highest BCUT2D eigenvalue weighted by molar-refractivity contribution is 7.11. The normalized spacial score (nSPS) is 20.5. The third-order valence-corrected chi connectivity index (χ3v) is 5.93. The van der Waals surface area contributed by atoms with E-state index in [0.717, 1.165) is 31.8 Å². The maximum absolute atomic E-state index is 9.47. The van der Waals surface area contributed by atoms with Crippen molar-refractivity contribution in [1.82, 2.24) is 9.88 Å². The van der Waals surface area contributed by atoms with Gasteiger partial charge in [0, 0.05) is 36.1 Å². The van der Waals surface area contributed by atoms with Gasteiger partial charge in [-0.2, -0.15) is 0 Å². The van der Waals surface area contributed by atoms with E-state index in [9.17, 15) is 5.11 Å². The third kappa shape index (κ3) is 2.83. The average molecular weight is 314 g/mol. The second kappa shape index (κ2) is 6.11. The lowest BCUT2D eigenvalue weighted by Crippen LogP contribution is -2.29. The van der Waals surface area contributed by atoms with Gasteiger partial charge in [-0.05, 0) is 36.8 Å². The minimum atomic E-state index is 0.215. The van der Waals surface area contributed by atoms with Crippen molar-refractivity contribution >= 4 is 11.3 Å². The van der Waals surface area contributed by atoms with E-state index >= 15 is 0 Å². The number of hydrogen-bond donors (Lipinski definition) is 1. The Kier molecular flexibility index (Phi) is 3.99. The highest BCUT2D eigenvalue weighted by atomic mass is 32.1. The molecule has 1 saturated carbocycles. The Morgan fingerprint density at radius 2 is 2.09 bits per heavy atom. The van der Waals surface area contributed by atoms with Crippen LogP contribution in [0.2, 0.25) is 0 Å². The molecule has 4 rings (SSSR count). The predicted molar refractivity (Wildman–Crippen MR) is 89.1 cm³/mol. The van der Waals surface area contributed by atoms with Gasteiger partial charge in [0.25, 0.3) is 0 Å². The molecular weight excluding hydrogens is 292 g/mol. The third-order valence-electron chi connectivity index (χ3n) is 4.79. The Labute approximate surface area is 135 Å². The molecule has 1 fully saturated rings. The minimum absolute atomic E-state index is 0.215. The van der Waals surface area contributed by atoms with Crippen LogP contribution in [-0.4, -0.2) is 28.1 Å². The summed E-state index contributed by atoms with van der Waals surface area (Å²) < 4.78 is 0. The molecule has 0 aliphatic heterocycles. The molecule has 1 heterocycles. The molecule has 2 aliphatic rings. The van der Waals surface area contributed by atoms with E-state index in [4.69, 9.17) is 0 Å². The molecule has 116 valence electrons. The minimum Gasteiger partial charge on any atom is -0.395 e. The molecule has 0 spiro atoms. The molecule has 1 aromatic carbocycles. The zero-order chi connectivity index (χ0) is 14.9. The summed E-state index contributed by atoms with van der Waals surface area (Å²) in [6.45, 7) is 1.85. The van der Waals surface area contributed by atoms with Gasteiger partial charge in [0.15, 0.2) is 0 Å². The van der Waals surface area contributed by atoms with Gasteiger partial charge in [0.2, 0.25) is 0 Å². The van der Waals surface area contributed by atoms with Crippen molar-refractivity contribution in [3.8, 4) is 0 Å². The molecule has 4 heteroatoms. The van der Waals surface area contributed by atoms with Crippen LogP contribution in [0.25, 0.3) is 0 Å². The van der Waals surface area contributed by atoms with E-state index in [1.54, 1.807) is 0 Å². The van der Waals surface area contributed by atoms with E-state index in [-0.39, 0.29) is 6.61 Å². The van der Waals surface area contributed by atoms with E-state index < -0.39 is 0 Å². The summed E-state index contributed by atoms with van der Waals surface area (Å²) in [6.07, 6.45) is 6.97. The van der Waals surface area contributed by atoms with Crippen molar-refractivity contribution in [3.05, 3.63) is 51.5 Å². The smallest absolute Gasteiger partial charge is 0.0959 e. The van der Waals surface area contributed by atoms with Gasteiger partial charge in [-0.25, -0.2) is 4.98 Å². The largest absolute Gasteiger partial charge is 0.395 e. The number of aliphatic hydroxyl groups excluding tert-OH is 1. The van der Waals surface area contributed by atoms with Crippen LogP contribution < -0.4 is 0 Å². The van der Waals surface area contributed by atoms with Crippen molar-refractivity contribution in [2.24, 2.45) is 0 Å². The number of rotatable bonds is 6. The molecule has 0 bridgehead atoms. The van der Waals surface area contributed by atoms with Crippen molar-refractivity contribution < 1.29 is 5.11 Å². The molecule has 2 aliphatic carbocycles.